The van der Waals surface area contributed by atoms with E-state index >= 15 is 0 Å². The normalized spacial score (nSPS) is 10.4. The van der Waals surface area contributed by atoms with E-state index in [4.69, 9.17) is 4.42 Å². The van der Waals surface area contributed by atoms with Crippen LogP contribution < -0.4 is 10.2 Å². The Hall–Kier alpha value is -3.15. The van der Waals surface area contributed by atoms with Crippen LogP contribution in [-0.2, 0) is 0 Å². The summed E-state index contributed by atoms with van der Waals surface area (Å²) >= 11 is 0. The highest BCUT2D eigenvalue weighted by atomic mass is 16.4. The Morgan fingerprint density at radius 2 is 1.79 bits per heavy atom. The molecule has 24 heavy (non-hydrogen) atoms. The molecular weight excluding hydrogens is 304 g/mol. The van der Waals surface area contributed by atoms with Crippen LogP contribution in [0.5, 0.6) is 0 Å². The van der Waals surface area contributed by atoms with Gasteiger partial charge in [0.25, 0.3) is 0 Å². The van der Waals surface area contributed by atoms with E-state index in [2.05, 4.69) is 15.5 Å². The van der Waals surface area contributed by atoms with Gasteiger partial charge >= 0.3 is 12.0 Å². The van der Waals surface area contributed by atoms with Crippen LogP contribution in [0, 0.1) is 6.92 Å². The molecule has 0 radical (unpaired) electrons. The Morgan fingerprint density at radius 3 is 2.46 bits per heavy atom. The van der Waals surface area contributed by atoms with Crippen LogP contribution in [0.4, 0.5) is 16.5 Å². The number of aryl methyl sites for hydroxylation is 1. The number of nitrogens with one attached hydrogen (secondary N) is 1. The molecule has 3 aromatic rings. The summed E-state index contributed by atoms with van der Waals surface area (Å²) in [6.07, 6.45) is 0. The van der Waals surface area contributed by atoms with Crippen LogP contribution in [-0.4, -0.2) is 22.8 Å². The summed E-state index contributed by atoms with van der Waals surface area (Å²) in [5.41, 5.74) is 2.68. The topological polar surface area (TPSA) is 71.3 Å². The van der Waals surface area contributed by atoms with E-state index in [1.165, 1.54) is 4.90 Å². The predicted molar refractivity (Wildman–Crippen MR) is 93.0 cm³/mol. The molecule has 0 bridgehead atoms. The third kappa shape index (κ3) is 3.43. The van der Waals surface area contributed by atoms with Gasteiger partial charge < -0.3 is 9.73 Å². The molecule has 0 fully saturated rings. The van der Waals surface area contributed by atoms with Crippen LogP contribution in [0.1, 0.15) is 12.5 Å². The minimum absolute atomic E-state index is 0.168. The minimum Gasteiger partial charge on any atom is -0.403 e. The zero-order valence-electron chi connectivity index (χ0n) is 13.6. The second-order valence-corrected chi connectivity index (χ2v) is 5.30. The predicted octanol–water partition coefficient (Wildman–Crippen LogP) is 4.10. The summed E-state index contributed by atoms with van der Waals surface area (Å²) in [6, 6.07) is 16.8. The van der Waals surface area contributed by atoms with E-state index in [0.29, 0.717) is 18.1 Å². The summed E-state index contributed by atoms with van der Waals surface area (Å²) in [7, 11) is 0. The van der Waals surface area contributed by atoms with Crippen molar-refractivity contribution >= 4 is 17.7 Å². The van der Waals surface area contributed by atoms with E-state index in [1.807, 2.05) is 68.4 Å². The van der Waals surface area contributed by atoms with Gasteiger partial charge in [0.15, 0.2) is 0 Å². The number of aromatic nitrogens is 2. The summed E-state index contributed by atoms with van der Waals surface area (Å²) < 4.78 is 5.66. The highest BCUT2D eigenvalue weighted by Crippen LogP contribution is 2.22. The first-order valence-electron chi connectivity index (χ1n) is 7.71. The van der Waals surface area contributed by atoms with Crippen molar-refractivity contribution in [2.75, 3.05) is 16.8 Å². The number of hydrogen-bond donors (Lipinski definition) is 1. The molecule has 0 spiro atoms. The molecule has 2 aromatic carbocycles. The quantitative estimate of drug-likeness (QED) is 0.785. The Labute approximate surface area is 140 Å². The van der Waals surface area contributed by atoms with Crippen molar-refractivity contribution in [3.05, 3.63) is 60.2 Å². The Bertz CT molecular complexity index is 813. The number of hydrogen-bond acceptors (Lipinski definition) is 4. The summed E-state index contributed by atoms with van der Waals surface area (Å²) in [4.78, 5) is 13.8. The number of carbonyl (C=O) groups is 1. The molecule has 0 aliphatic carbocycles. The molecule has 0 saturated carbocycles. The van der Waals surface area contributed by atoms with Crippen molar-refractivity contribution in [2.24, 2.45) is 0 Å². The first kappa shape index (κ1) is 15.7. The number of carbonyl (C=O) groups excluding carboxylic acids is 1. The van der Waals surface area contributed by atoms with Gasteiger partial charge in [0, 0.05) is 17.8 Å². The lowest BCUT2D eigenvalue weighted by Gasteiger charge is -2.16. The van der Waals surface area contributed by atoms with Crippen molar-refractivity contribution in [1.29, 1.82) is 0 Å². The van der Waals surface area contributed by atoms with Crippen molar-refractivity contribution in [3.63, 3.8) is 0 Å². The highest BCUT2D eigenvalue weighted by Gasteiger charge is 2.20. The number of benzene rings is 2. The first-order chi connectivity index (χ1) is 11.7. The molecule has 3 rings (SSSR count). The molecule has 0 aliphatic heterocycles. The average Bonchev–Trinajstić information content (AvgIpc) is 3.07. The molecule has 1 aromatic heterocycles. The van der Waals surface area contributed by atoms with E-state index < -0.39 is 0 Å². The number of para-hydroxylation sites is 1. The number of urea groups is 1. The Balaban J connectivity index is 1.78. The van der Waals surface area contributed by atoms with Gasteiger partial charge in [-0.25, -0.2) is 9.69 Å². The maximum absolute atomic E-state index is 12.4. The summed E-state index contributed by atoms with van der Waals surface area (Å²) in [6.45, 7) is 4.27. The van der Waals surface area contributed by atoms with E-state index in [0.717, 1.165) is 11.1 Å². The molecule has 1 heterocycles. The number of rotatable bonds is 4. The molecule has 0 aliphatic rings. The molecule has 0 saturated heterocycles. The lowest BCUT2D eigenvalue weighted by molar-refractivity contribution is 0.256. The third-order valence-corrected chi connectivity index (χ3v) is 3.53. The molecular formula is C18H18N4O2. The Morgan fingerprint density at radius 1 is 1.08 bits per heavy atom. The summed E-state index contributed by atoms with van der Waals surface area (Å²) in [5.74, 6) is 0.385. The fourth-order valence-corrected chi connectivity index (χ4v) is 2.22. The van der Waals surface area contributed by atoms with Crippen LogP contribution >= 0.6 is 0 Å². The van der Waals surface area contributed by atoms with Crippen molar-refractivity contribution in [2.45, 2.75) is 13.8 Å². The molecule has 0 atom stereocenters. The molecule has 122 valence electrons. The fourth-order valence-electron chi connectivity index (χ4n) is 2.22. The van der Waals surface area contributed by atoms with Gasteiger partial charge in [-0.3, -0.25) is 0 Å². The van der Waals surface area contributed by atoms with Gasteiger partial charge in [0.05, 0.1) is 0 Å². The highest BCUT2D eigenvalue weighted by molar-refractivity contribution is 6.00. The van der Waals surface area contributed by atoms with Crippen molar-refractivity contribution in [1.82, 2.24) is 10.2 Å². The molecule has 6 nitrogen and oxygen atoms in total. The second-order valence-electron chi connectivity index (χ2n) is 5.30. The lowest BCUT2D eigenvalue weighted by atomic mass is 10.1. The number of amides is 2. The van der Waals surface area contributed by atoms with Gasteiger partial charge in [-0.15, -0.1) is 5.10 Å². The fraction of sp³-hybridized carbons (Fsp3) is 0.167. The zero-order valence-corrected chi connectivity index (χ0v) is 13.6. The van der Waals surface area contributed by atoms with E-state index in [1.54, 1.807) is 0 Å². The van der Waals surface area contributed by atoms with Crippen LogP contribution in [0.25, 0.3) is 11.5 Å². The van der Waals surface area contributed by atoms with Gasteiger partial charge in [-0.1, -0.05) is 41.0 Å². The largest absolute Gasteiger partial charge is 0.403 e. The van der Waals surface area contributed by atoms with E-state index in [-0.39, 0.29) is 12.0 Å². The van der Waals surface area contributed by atoms with Crippen molar-refractivity contribution in [3.8, 4) is 11.5 Å². The molecule has 0 unspecified atom stereocenters. The van der Waals surface area contributed by atoms with Gasteiger partial charge in [0.1, 0.15) is 0 Å². The van der Waals surface area contributed by atoms with Gasteiger partial charge in [-0.2, -0.15) is 0 Å². The van der Waals surface area contributed by atoms with Gasteiger partial charge in [0.2, 0.25) is 5.89 Å². The van der Waals surface area contributed by atoms with Crippen molar-refractivity contribution < 1.29 is 9.21 Å². The number of nitrogens with zero attached hydrogens (tertiary/aromatic N) is 3. The van der Waals surface area contributed by atoms with Gasteiger partial charge in [-0.05, 0) is 38.1 Å². The maximum atomic E-state index is 12.4. The Kier molecular flexibility index (Phi) is 4.56. The second kappa shape index (κ2) is 6.95. The molecule has 2 amide bonds. The van der Waals surface area contributed by atoms with Crippen LogP contribution in [0.2, 0.25) is 0 Å². The zero-order chi connectivity index (χ0) is 16.9. The number of anilines is 2. The van der Waals surface area contributed by atoms with E-state index in [9.17, 15) is 4.79 Å². The molecule has 1 N–H and O–H groups in total. The minimum atomic E-state index is -0.317. The lowest BCUT2D eigenvalue weighted by Crippen LogP contribution is -2.35. The van der Waals surface area contributed by atoms with Crippen LogP contribution in [0.15, 0.2) is 59.0 Å². The standard InChI is InChI=1S/C18H18N4O2/c1-3-22(17(23)19-15-7-5-4-6-8-15)18-21-20-16(24-18)14-11-9-13(2)10-12-14/h4-12H,3H2,1-2H3,(H,19,23). The van der Waals surface area contributed by atoms with Crippen LogP contribution in [0.3, 0.4) is 0 Å². The molecule has 6 heteroatoms. The summed E-state index contributed by atoms with van der Waals surface area (Å²) in [5, 5.41) is 10.8. The first-order valence-corrected chi connectivity index (χ1v) is 7.71. The third-order valence-electron chi connectivity index (χ3n) is 3.53. The maximum Gasteiger partial charge on any atom is 0.329 e. The smallest absolute Gasteiger partial charge is 0.329 e. The average molecular weight is 322 g/mol. The SMILES string of the molecule is CCN(C(=O)Nc1ccccc1)c1nnc(-c2ccc(C)cc2)o1. The monoisotopic (exact) mass is 322 g/mol.